The number of nitrogens with zero attached hydrogens (tertiary/aromatic N) is 1. The highest BCUT2D eigenvalue weighted by atomic mass is 32.1. The minimum Gasteiger partial charge on any atom is -0.309 e. The minimum absolute atomic E-state index is 0.0279. The van der Waals surface area contributed by atoms with Gasteiger partial charge in [0.25, 0.3) is 0 Å². The van der Waals surface area contributed by atoms with E-state index in [1.807, 2.05) is 0 Å². The fourth-order valence-corrected chi connectivity index (χ4v) is 3.45. The van der Waals surface area contributed by atoms with Crippen LogP contribution in [0.1, 0.15) is 21.5 Å². The Kier molecular flexibility index (Phi) is 4.62. The number of aromatic nitrogens is 1. The predicted molar refractivity (Wildman–Crippen MR) is 86.4 cm³/mol. The molecule has 0 atom stereocenters. The molecule has 0 saturated carbocycles. The maximum atomic E-state index is 12.9. The molecule has 0 aliphatic rings. The van der Waals surface area contributed by atoms with E-state index >= 15 is 0 Å². The Balaban J connectivity index is 2.06. The SMILES string of the molecule is N=c1sc2ccccc2n1CC(=O)c1cc(C(F)(F)F)cc(C(F)(F)F)c1. The highest BCUT2D eigenvalue weighted by Gasteiger charge is 2.37. The minimum atomic E-state index is -5.03. The second-order valence-corrected chi connectivity index (χ2v) is 6.71. The van der Waals surface area contributed by atoms with E-state index in [0.29, 0.717) is 22.3 Å². The molecule has 0 unspecified atom stereocenters. The molecular formula is C17H10F6N2OS. The van der Waals surface area contributed by atoms with Gasteiger partial charge in [-0.15, -0.1) is 0 Å². The van der Waals surface area contributed by atoms with Crippen LogP contribution in [0.15, 0.2) is 42.5 Å². The van der Waals surface area contributed by atoms with Crippen LogP contribution < -0.4 is 4.80 Å². The van der Waals surface area contributed by atoms with Crippen molar-refractivity contribution in [2.75, 3.05) is 0 Å². The highest BCUT2D eigenvalue weighted by Crippen LogP contribution is 2.36. The number of carbonyl (C=O) groups excluding carboxylic acids is 1. The maximum Gasteiger partial charge on any atom is 0.416 e. The van der Waals surface area contributed by atoms with E-state index in [-0.39, 0.29) is 10.9 Å². The highest BCUT2D eigenvalue weighted by molar-refractivity contribution is 7.16. The van der Waals surface area contributed by atoms with Gasteiger partial charge in [-0.25, -0.2) is 0 Å². The number of carbonyl (C=O) groups is 1. The quantitative estimate of drug-likeness (QED) is 0.479. The van der Waals surface area contributed by atoms with Gasteiger partial charge < -0.3 is 4.57 Å². The Bertz CT molecular complexity index is 1050. The molecule has 0 spiro atoms. The Morgan fingerprint density at radius 3 is 2.07 bits per heavy atom. The van der Waals surface area contributed by atoms with Gasteiger partial charge in [-0.2, -0.15) is 26.3 Å². The third-order valence-corrected chi connectivity index (χ3v) is 4.80. The molecule has 1 aromatic heterocycles. The Labute approximate surface area is 152 Å². The fourth-order valence-electron chi connectivity index (χ4n) is 2.54. The number of Topliss-reactive ketones (excluding diaryl/α,β-unsaturated/α-hetero) is 1. The van der Waals surface area contributed by atoms with E-state index in [9.17, 15) is 31.1 Å². The number of thiazole rings is 1. The van der Waals surface area contributed by atoms with Crippen LogP contribution in [0.5, 0.6) is 0 Å². The second-order valence-electron chi connectivity index (χ2n) is 5.68. The summed E-state index contributed by atoms with van der Waals surface area (Å²) in [6.07, 6.45) is -10.1. The van der Waals surface area contributed by atoms with Crippen LogP contribution in [-0.2, 0) is 18.9 Å². The van der Waals surface area contributed by atoms with Crippen molar-refractivity contribution in [2.45, 2.75) is 18.9 Å². The number of hydrogen-bond donors (Lipinski definition) is 1. The van der Waals surface area contributed by atoms with Gasteiger partial charge in [0.1, 0.15) is 0 Å². The molecule has 142 valence electrons. The Morgan fingerprint density at radius 1 is 0.963 bits per heavy atom. The molecule has 10 heteroatoms. The van der Waals surface area contributed by atoms with Crippen molar-refractivity contribution in [3.05, 3.63) is 64.0 Å². The first-order valence-corrected chi connectivity index (χ1v) is 8.24. The lowest BCUT2D eigenvalue weighted by Crippen LogP contribution is -2.21. The van der Waals surface area contributed by atoms with Crippen molar-refractivity contribution in [1.82, 2.24) is 4.57 Å². The smallest absolute Gasteiger partial charge is 0.309 e. The van der Waals surface area contributed by atoms with E-state index in [1.165, 1.54) is 4.57 Å². The third kappa shape index (κ3) is 3.90. The van der Waals surface area contributed by atoms with Gasteiger partial charge in [-0.05, 0) is 30.3 Å². The summed E-state index contributed by atoms with van der Waals surface area (Å²) in [7, 11) is 0. The molecule has 0 radical (unpaired) electrons. The zero-order valence-electron chi connectivity index (χ0n) is 13.3. The number of nitrogens with one attached hydrogen (secondary N) is 1. The van der Waals surface area contributed by atoms with Crippen LogP contribution in [0.25, 0.3) is 10.2 Å². The van der Waals surface area contributed by atoms with Crippen LogP contribution in [0.3, 0.4) is 0 Å². The van der Waals surface area contributed by atoms with E-state index in [2.05, 4.69) is 0 Å². The number of benzene rings is 2. The number of fused-ring (bicyclic) bond motifs is 1. The number of para-hydroxylation sites is 1. The van der Waals surface area contributed by atoms with E-state index in [4.69, 9.17) is 5.41 Å². The topological polar surface area (TPSA) is 45.9 Å². The average molecular weight is 404 g/mol. The molecule has 0 amide bonds. The van der Waals surface area contributed by atoms with Crippen LogP contribution in [-0.4, -0.2) is 10.4 Å². The lowest BCUT2D eigenvalue weighted by Gasteiger charge is -2.14. The van der Waals surface area contributed by atoms with Crippen LogP contribution >= 0.6 is 11.3 Å². The van der Waals surface area contributed by atoms with Crippen molar-refractivity contribution in [1.29, 1.82) is 5.41 Å². The van der Waals surface area contributed by atoms with Crippen LogP contribution in [0, 0.1) is 5.41 Å². The van der Waals surface area contributed by atoms with Gasteiger partial charge in [0.2, 0.25) is 0 Å². The largest absolute Gasteiger partial charge is 0.416 e. The number of rotatable bonds is 3. The molecule has 2 aromatic carbocycles. The zero-order chi connectivity index (χ0) is 20.0. The van der Waals surface area contributed by atoms with E-state index in [0.717, 1.165) is 11.3 Å². The van der Waals surface area contributed by atoms with Crippen molar-refractivity contribution in [3.63, 3.8) is 0 Å². The summed E-state index contributed by atoms with van der Waals surface area (Å²) in [5.41, 5.74) is -3.30. The first-order chi connectivity index (χ1) is 12.5. The predicted octanol–water partition coefficient (Wildman–Crippen LogP) is 5.10. The van der Waals surface area contributed by atoms with Gasteiger partial charge in [0, 0.05) is 5.56 Å². The number of halogens is 6. The molecule has 27 heavy (non-hydrogen) atoms. The Hall–Kier alpha value is -2.62. The molecule has 1 N–H and O–H groups in total. The molecule has 3 nitrogen and oxygen atoms in total. The van der Waals surface area contributed by atoms with Gasteiger partial charge >= 0.3 is 12.4 Å². The molecule has 3 rings (SSSR count). The summed E-state index contributed by atoms with van der Waals surface area (Å²) < 4.78 is 79.5. The summed E-state index contributed by atoms with van der Waals surface area (Å²) in [4.78, 5) is 12.4. The number of alkyl halides is 6. The summed E-state index contributed by atoms with van der Waals surface area (Å²) in [5.74, 6) is -0.950. The average Bonchev–Trinajstić information content (AvgIpc) is 2.88. The van der Waals surface area contributed by atoms with Crippen molar-refractivity contribution >= 4 is 27.3 Å². The van der Waals surface area contributed by atoms with Gasteiger partial charge in [0.05, 0.1) is 27.9 Å². The van der Waals surface area contributed by atoms with Gasteiger partial charge in [-0.3, -0.25) is 10.2 Å². The number of hydrogen-bond acceptors (Lipinski definition) is 3. The summed E-state index contributed by atoms with van der Waals surface area (Å²) in [6, 6.07) is 7.45. The summed E-state index contributed by atoms with van der Waals surface area (Å²) in [5, 5.41) is 7.91. The molecule has 1 heterocycles. The van der Waals surface area contributed by atoms with Gasteiger partial charge in [0.15, 0.2) is 10.6 Å². The molecule has 0 fully saturated rings. The molecule has 0 aliphatic heterocycles. The first-order valence-electron chi connectivity index (χ1n) is 7.42. The van der Waals surface area contributed by atoms with Crippen molar-refractivity contribution in [3.8, 4) is 0 Å². The van der Waals surface area contributed by atoms with Gasteiger partial charge in [-0.1, -0.05) is 23.5 Å². The Morgan fingerprint density at radius 2 is 1.52 bits per heavy atom. The van der Waals surface area contributed by atoms with Crippen molar-refractivity contribution < 1.29 is 31.1 Å². The van der Waals surface area contributed by atoms with Crippen molar-refractivity contribution in [2.24, 2.45) is 0 Å². The summed E-state index contributed by atoms with van der Waals surface area (Å²) >= 11 is 1.05. The summed E-state index contributed by atoms with van der Waals surface area (Å²) in [6.45, 7) is -0.540. The standard InChI is InChI=1S/C17H10F6N2OS/c18-16(19,20)10-5-9(6-11(7-10)17(21,22)23)13(26)8-25-12-3-1-2-4-14(12)27-15(25)24/h1-7,24H,8H2. The first kappa shape index (κ1) is 19.2. The maximum absolute atomic E-state index is 12.9. The fraction of sp³-hybridized carbons (Fsp3) is 0.176. The van der Waals surface area contributed by atoms with Crippen LogP contribution in [0.4, 0.5) is 26.3 Å². The molecule has 3 aromatic rings. The van der Waals surface area contributed by atoms with E-state index in [1.54, 1.807) is 24.3 Å². The second kappa shape index (κ2) is 6.52. The normalized spacial score (nSPS) is 12.5. The lowest BCUT2D eigenvalue weighted by molar-refractivity contribution is -0.143. The molecule has 0 aliphatic carbocycles. The third-order valence-electron chi connectivity index (χ3n) is 3.82. The molecule has 0 saturated heterocycles. The zero-order valence-corrected chi connectivity index (χ0v) is 14.1. The molecule has 0 bridgehead atoms. The van der Waals surface area contributed by atoms with Crippen LogP contribution in [0.2, 0.25) is 0 Å². The lowest BCUT2D eigenvalue weighted by atomic mass is 10.0. The monoisotopic (exact) mass is 404 g/mol. The number of ketones is 1. The molecular weight excluding hydrogens is 394 g/mol. The van der Waals surface area contributed by atoms with E-state index < -0.39 is 41.4 Å².